The van der Waals surface area contributed by atoms with Gasteiger partial charge in [0.15, 0.2) is 0 Å². The number of nitrogens with zero attached hydrogens (tertiary/aromatic N) is 1. The van der Waals surface area contributed by atoms with Gasteiger partial charge in [0.25, 0.3) is 0 Å². The molecule has 62 valence electrons. The molecule has 12 heavy (non-hydrogen) atoms. The molecule has 0 amide bonds. The van der Waals surface area contributed by atoms with Gasteiger partial charge in [-0.3, -0.25) is 9.78 Å². The SMILES string of the molecule is C=CC=O.C=Cc1ccccn1. The summed E-state index contributed by atoms with van der Waals surface area (Å²) in [5.41, 5.74) is 0.924. The Morgan fingerprint density at radius 1 is 1.33 bits per heavy atom. The lowest BCUT2D eigenvalue weighted by molar-refractivity contribution is -0.104. The molecule has 2 heteroatoms. The van der Waals surface area contributed by atoms with Crippen molar-refractivity contribution in [3.05, 3.63) is 49.3 Å². The smallest absolute Gasteiger partial charge is 0.142 e. The van der Waals surface area contributed by atoms with Crippen molar-refractivity contribution in [1.29, 1.82) is 0 Å². The average Bonchev–Trinajstić information content (AvgIpc) is 2.19. The zero-order chi connectivity index (χ0) is 9.23. The predicted octanol–water partition coefficient (Wildman–Crippen LogP) is 2.10. The lowest BCUT2D eigenvalue weighted by Crippen LogP contribution is -1.73. The van der Waals surface area contributed by atoms with Crippen LogP contribution in [0.2, 0.25) is 0 Å². The molecule has 0 fully saturated rings. The average molecular weight is 161 g/mol. The van der Waals surface area contributed by atoms with E-state index < -0.39 is 0 Å². The third-order valence-corrected chi connectivity index (χ3v) is 0.993. The van der Waals surface area contributed by atoms with E-state index in [1.807, 2.05) is 18.2 Å². The molecule has 1 aromatic heterocycles. The third-order valence-electron chi connectivity index (χ3n) is 0.993. The molecule has 0 aliphatic carbocycles. The van der Waals surface area contributed by atoms with Crippen LogP contribution in [0, 0.1) is 0 Å². The molecule has 0 aliphatic rings. The van der Waals surface area contributed by atoms with E-state index in [1.165, 1.54) is 6.08 Å². The second-order valence-electron chi connectivity index (χ2n) is 1.83. The second kappa shape index (κ2) is 7.41. The predicted molar refractivity (Wildman–Crippen MR) is 50.6 cm³/mol. The normalized spacial score (nSPS) is 7.33. The number of aldehydes is 1. The Morgan fingerprint density at radius 2 is 2.00 bits per heavy atom. The van der Waals surface area contributed by atoms with Crippen LogP contribution in [0.4, 0.5) is 0 Å². The maximum absolute atomic E-state index is 9.06. The van der Waals surface area contributed by atoms with E-state index in [0.717, 1.165) is 5.69 Å². The Bertz CT molecular complexity index is 235. The first-order valence-electron chi connectivity index (χ1n) is 3.44. The van der Waals surface area contributed by atoms with Gasteiger partial charge in [0.1, 0.15) is 6.29 Å². The lowest BCUT2D eigenvalue weighted by Gasteiger charge is -1.84. The quantitative estimate of drug-likeness (QED) is 0.491. The number of hydrogen-bond acceptors (Lipinski definition) is 2. The van der Waals surface area contributed by atoms with Crippen molar-refractivity contribution in [2.75, 3.05) is 0 Å². The number of hydrogen-bond donors (Lipinski definition) is 0. The highest BCUT2D eigenvalue weighted by Crippen LogP contribution is 1.91. The van der Waals surface area contributed by atoms with E-state index >= 15 is 0 Å². The van der Waals surface area contributed by atoms with Gasteiger partial charge in [0, 0.05) is 6.20 Å². The molecule has 0 spiro atoms. The molecule has 1 heterocycles. The molecule has 0 aliphatic heterocycles. The van der Waals surface area contributed by atoms with Crippen molar-refractivity contribution in [3.8, 4) is 0 Å². The maximum atomic E-state index is 9.06. The van der Waals surface area contributed by atoms with Crippen LogP contribution < -0.4 is 0 Å². The molecule has 0 unspecified atom stereocenters. The number of carbonyl (C=O) groups is 1. The topological polar surface area (TPSA) is 30.0 Å². The summed E-state index contributed by atoms with van der Waals surface area (Å²) in [6.45, 7) is 6.68. The molecule has 0 atom stereocenters. The van der Waals surface area contributed by atoms with Crippen LogP contribution in [0.25, 0.3) is 6.08 Å². The Kier molecular flexibility index (Phi) is 6.36. The number of rotatable bonds is 2. The third kappa shape index (κ3) is 5.11. The zero-order valence-electron chi connectivity index (χ0n) is 6.81. The molecule has 2 nitrogen and oxygen atoms in total. The van der Waals surface area contributed by atoms with Crippen molar-refractivity contribution in [1.82, 2.24) is 4.98 Å². The number of allylic oxidation sites excluding steroid dienone is 1. The largest absolute Gasteiger partial charge is 0.299 e. The fraction of sp³-hybridized carbons (Fsp3) is 0. The summed E-state index contributed by atoms with van der Waals surface area (Å²) in [7, 11) is 0. The van der Waals surface area contributed by atoms with Gasteiger partial charge in [0.05, 0.1) is 5.69 Å². The minimum atomic E-state index is 0.639. The Labute approximate surface area is 72.3 Å². The molecule has 0 aromatic carbocycles. The fourth-order valence-corrected chi connectivity index (χ4v) is 0.497. The minimum Gasteiger partial charge on any atom is -0.299 e. The van der Waals surface area contributed by atoms with E-state index in [-0.39, 0.29) is 0 Å². The summed E-state index contributed by atoms with van der Waals surface area (Å²) < 4.78 is 0. The van der Waals surface area contributed by atoms with Crippen molar-refractivity contribution in [3.63, 3.8) is 0 Å². The molecular formula is C10H11NO. The van der Waals surface area contributed by atoms with E-state index in [1.54, 1.807) is 12.3 Å². The van der Waals surface area contributed by atoms with Gasteiger partial charge in [-0.1, -0.05) is 19.2 Å². The van der Waals surface area contributed by atoms with E-state index in [0.29, 0.717) is 6.29 Å². The summed E-state index contributed by atoms with van der Waals surface area (Å²) in [6.07, 6.45) is 5.30. The van der Waals surface area contributed by atoms with Gasteiger partial charge >= 0.3 is 0 Å². The Morgan fingerprint density at radius 3 is 2.25 bits per heavy atom. The second-order valence-corrected chi connectivity index (χ2v) is 1.83. The highest BCUT2D eigenvalue weighted by Gasteiger charge is 1.77. The summed E-state index contributed by atoms with van der Waals surface area (Å²) in [6, 6.07) is 5.73. The van der Waals surface area contributed by atoms with Crippen LogP contribution in [-0.2, 0) is 4.79 Å². The Balaban J connectivity index is 0.000000261. The van der Waals surface area contributed by atoms with E-state index in [4.69, 9.17) is 4.79 Å². The monoisotopic (exact) mass is 161 g/mol. The van der Waals surface area contributed by atoms with Crippen molar-refractivity contribution in [2.45, 2.75) is 0 Å². The van der Waals surface area contributed by atoms with Crippen LogP contribution in [0.1, 0.15) is 5.69 Å². The van der Waals surface area contributed by atoms with Gasteiger partial charge in [-0.2, -0.15) is 0 Å². The highest BCUT2D eigenvalue weighted by molar-refractivity contribution is 5.63. The van der Waals surface area contributed by atoms with Crippen molar-refractivity contribution in [2.24, 2.45) is 0 Å². The first-order valence-corrected chi connectivity index (χ1v) is 3.44. The van der Waals surface area contributed by atoms with Crippen molar-refractivity contribution < 1.29 is 4.79 Å². The fourth-order valence-electron chi connectivity index (χ4n) is 0.497. The van der Waals surface area contributed by atoms with Gasteiger partial charge < -0.3 is 0 Å². The zero-order valence-corrected chi connectivity index (χ0v) is 6.81. The molecule has 0 N–H and O–H groups in total. The molecular weight excluding hydrogens is 150 g/mol. The summed E-state index contributed by atoms with van der Waals surface area (Å²) in [5, 5.41) is 0. The highest BCUT2D eigenvalue weighted by atomic mass is 16.1. The van der Waals surface area contributed by atoms with Crippen LogP contribution in [0.5, 0.6) is 0 Å². The molecule has 0 saturated carbocycles. The molecule has 0 bridgehead atoms. The summed E-state index contributed by atoms with van der Waals surface area (Å²) >= 11 is 0. The summed E-state index contributed by atoms with van der Waals surface area (Å²) in [4.78, 5) is 13.0. The number of aromatic nitrogens is 1. The Hall–Kier alpha value is -1.70. The van der Waals surface area contributed by atoms with Gasteiger partial charge in [-0.05, 0) is 24.3 Å². The lowest BCUT2D eigenvalue weighted by atomic mass is 10.4. The molecule has 1 rings (SSSR count). The first-order chi connectivity index (χ1) is 5.85. The molecule has 1 aromatic rings. The summed E-state index contributed by atoms with van der Waals surface area (Å²) in [5.74, 6) is 0. The number of carbonyl (C=O) groups excluding carboxylic acids is 1. The van der Waals surface area contributed by atoms with Crippen LogP contribution >= 0.6 is 0 Å². The molecule has 0 radical (unpaired) electrons. The van der Waals surface area contributed by atoms with Crippen LogP contribution in [-0.4, -0.2) is 11.3 Å². The van der Waals surface area contributed by atoms with Crippen LogP contribution in [0.3, 0.4) is 0 Å². The standard InChI is InChI=1S/C7H7N.C3H4O/c1-2-7-5-3-4-6-8-7;1-2-3-4/h2-6H,1H2;2-3H,1H2. The molecule has 0 saturated heterocycles. The van der Waals surface area contributed by atoms with Gasteiger partial charge in [0.2, 0.25) is 0 Å². The van der Waals surface area contributed by atoms with Gasteiger partial charge in [-0.15, -0.1) is 0 Å². The number of pyridine rings is 1. The van der Waals surface area contributed by atoms with E-state index in [9.17, 15) is 0 Å². The van der Waals surface area contributed by atoms with E-state index in [2.05, 4.69) is 18.1 Å². The minimum absolute atomic E-state index is 0.639. The van der Waals surface area contributed by atoms with Crippen LogP contribution in [0.15, 0.2) is 43.6 Å². The van der Waals surface area contributed by atoms with Gasteiger partial charge in [-0.25, -0.2) is 0 Å². The first kappa shape index (κ1) is 10.3. The maximum Gasteiger partial charge on any atom is 0.142 e. The van der Waals surface area contributed by atoms with Crippen molar-refractivity contribution >= 4 is 12.4 Å².